The number of nitriles is 1. The lowest BCUT2D eigenvalue weighted by Crippen LogP contribution is -2.00. The first kappa shape index (κ1) is 14.0. The van der Waals surface area contributed by atoms with Crippen molar-refractivity contribution in [3.8, 4) is 17.8 Å². The Morgan fingerprint density at radius 1 is 1.30 bits per heavy atom. The fraction of sp³-hybridized carbons (Fsp3) is 0.312. The van der Waals surface area contributed by atoms with Crippen molar-refractivity contribution in [1.82, 2.24) is 9.97 Å². The van der Waals surface area contributed by atoms with Crippen LogP contribution in [-0.2, 0) is 0 Å². The van der Waals surface area contributed by atoms with E-state index in [-0.39, 0.29) is 6.01 Å². The van der Waals surface area contributed by atoms with Crippen molar-refractivity contribution < 1.29 is 4.74 Å². The number of aromatic nitrogens is 2. The summed E-state index contributed by atoms with van der Waals surface area (Å²) in [5.74, 6) is 1.14. The van der Waals surface area contributed by atoms with E-state index in [0.717, 1.165) is 17.7 Å². The smallest absolute Gasteiger partial charge is 0.323 e. The lowest BCUT2D eigenvalue weighted by atomic mass is 9.98. The van der Waals surface area contributed by atoms with E-state index >= 15 is 0 Å². The summed E-state index contributed by atoms with van der Waals surface area (Å²) in [6.45, 7) is 6.11. The van der Waals surface area contributed by atoms with Crippen LogP contribution in [0.2, 0.25) is 0 Å². The van der Waals surface area contributed by atoms with Crippen LogP contribution in [0.4, 0.5) is 0 Å². The van der Waals surface area contributed by atoms with Crippen LogP contribution in [0.1, 0.15) is 43.1 Å². The van der Waals surface area contributed by atoms with Gasteiger partial charge in [0.1, 0.15) is 17.5 Å². The van der Waals surface area contributed by atoms with E-state index in [1.807, 2.05) is 37.3 Å². The Bertz CT molecular complexity index is 646. The minimum absolute atomic E-state index is 0.220. The molecule has 0 aliphatic rings. The normalized spacial score (nSPS) is 11.7. The molecule has 0 fully saturated rings. The number of hydrogen-bond acceptors (Lipinski definition) is 4. The van der Waals surface area contributed by atoms with E-state index in [2.05, 4.69) is 23.8 Å². The molecule has 0 bridgehead atoms. The molecule has 1 aromatic heterocycles. The molecule has 0 N–H and O–H groups in total. The summed E-state index contributed by atoms with van der Waals surface area (Å²) in [5, 5.41) is 8.94. The van der Waals surface area contributed by atoms with Gasteiger partial charge in [-0.05, 0) is 37.0 Å². The monoisotopic (exact) mass is 267 g/mol. The molecular formula is C16H17N3O. The Balaban J connectivity index is 2.35. The van der Waals surface area contributed by atoms with Gasteiger partial charge >= 0.3 is 6.01 Å². The van der Waals surface area contributed by atoms with Crippen LogP contribution < -0.4 is 4.74 Å². The van der Waals surface area contributed by atoms with E-state index in [0.29, 0.717) is 17.3 Å². The summed E-state index contributed by atoms with van der Waals surface area (Å²) in [7, 11) is 0. The molecular weight excluding hydrogens is 250 g/mol. The maximum atomic E-state index is 8.94. The molecule has 0 radical (unpaired) electrons. The van der Waals surface area contributed by atoms with Crippen LogP contribution in [0.3, 0.4) is 0 Å². The first-order chi connectivity index (χ1) is 9.63. The zero-order valence-corrected chi connectivity index (χ0v) is 11.9. The van der Waals surface area contributed by atoms with Crippen LogP contribution in [0, 0.1) is 18.3 Å². The molecule has 2 aromatic rings. The third-order valence-corrected chi connectivity index (χ3v) is 3.21. The summed E-state index contributed by atoms with van der Waals surface area (Å²) >= 11 is 0. The second kappa shape index (κ2) is 6.16. The minimum atomic E-state index is 0.220. The molecule has 1 unspecified atom stereocenters. The number of hydrogen-bond donors (Lipinski definition) is 0. The highest BCUT2D eigenvalue weighted by Gasteiger charge is 2.12. The maximum Gasteiger partial charge on any atom is 0.323 e. The van der Waals surface area contributed by atoms with Crippen molar-refractivity contribution in [3.63, 3.8) is 0 Å². The van der Waals surface area contributed by atoms with E-state index < -0.39 is 0 Å². The van der Waals surface area contributed by atoms with Crippen LogP contribution in [0.5, 0.6) is 11.8 Å². The summed E-state index contributed by atoms with van der Waals surface area (Å²) in [6.07, 6.45) is 1.03. The summed E-state index contributed by atoms with van der Waals surface area (Å²) in [4.78, 5) is 8.30. The van der Waals surface area contributed by atoms with Gasteiger partial charge in [0.15, 0.2) is 0 Å². The highest BCUT2D eigenvalue weighted by molar-refractivity contribution is 5.38. The van der Waals surface area contributed by atoms with E-state index in [1.54, 1.807) is 6.07 Å². The molecule has 4 heteroatoms. The van der Waals surface area contributed by atoms with Gasteiger partial charge in [-0.1, -0.05) is 32.0 Å². The Morgan fingerprint density at radius 2 is 2.05 bits per heavy atom. The summed E-state index contributed by atoms with van der Waals surface area (Å²) in [5.41, 5.74) is 2.15. The first-order valence-corrected chi connectivity index (χ1v) is 6.66. The predicted molar refractivity (Wildman–Crippen MR) is 76.7 cm³/mol. The number of aryl methyl sites for hydroxylation is 1. The van der Waals surface area contributed by atoms with E-state index in [4.69, 9.17) is 10.00 Å². The summed E-state index contributed by atoms with van der Waals surface area (Å²) in [6, 6.07) is 11.7. The van der Waals surface area contributed by atoms with Gasteiger partial charge in [-0.2, -0.15) is 10.2 Å². The molecule has 20 heavy (non-hydrogen) atoms. The lowest BCUT2D eigenvalue weighted by molar-refractivity contribution is 0.430. The third kappa shape index (κ3) is 3.12. The highest BCUT2D eigenvalue weighted by atomic mass is 16.5. The van der Waals surface area contributed by atoms with Crippen molar-refractivity contribution >= 4 is 0 Å². The van der Waals surface area contributed by atoms with Gasteiger partial charge in [-0.15, -0.1) is 0 Å². The van der Waals surface area contributed by atoms with Crippen molar-refractivity contribution in [3.05, 3.63) is 47.3 Å². The van der Waals surface area contributed by atoms with Gasteiger partial charge in [0.05, 0.1) is 0 Å². The van der Waals surface area contributed by atoms with Gasteiger partial charge < -0.3 is 4.74 Å². The maximum absolute atomic E-state index is 8.94. The molecule has 0 aliphatic carbocycles. The zero-order valence-electron chi connectivity index (χ0n) is 11.9. The van der Waals surface area contributed by atoms with Crippen LogP contribution in [-0.4, -0.2) is 9.97 Å². The average molecular weight is 267 g/mol. The van der Waals surface area contributed by atoms with Crippen molar-refractivity contribution in [2.45, 2.75) is 33.1 Å². The molecule has 2 rings (SSSR count). The van der Waals surface area contributed by atoms with Gasteiger partial charge in [-0.25, -0.2) is 4.98 Å². The fourth-order valence-corrected chi connectivity index (χ4v) is 1.94. The Kier molecular flexibility index (Phi) is 4.31. The Hall–Kier alpha value is -2.41. The van der Waals surface area contributed by atoms with Crippen LogP contribution in [0.25, 0.3) is 0 Å². The van der Waals surface area contributed by atoms with Crippen molar-refractivity contribution in [2.24, 2.45) is 0 Å². The number of nitrogens with zero attached hydrogens (tertiary/aromatic N) is 3. The van der Waals surface area contributed by atoms with Crippen LogP contribution >= 0.6 is 0 Å². The molecule has 1 atom stereocenters. The topological polar surface area (TPSA) is 58.8 Å². The average Bonchev–Trinajstić information content (AvgIpc) is 2.46. The van der Waals surface area contributed by atoms with E-state index in [9.17, 15) is 0 Å². The SMILES string of the molecule is CCC(C)c1ccccc1Oc1nc(C)cc(C#N)n1. The molecule has 0 aliphatic heterocycles. The molecule has 1 aromatic carbocycles. The molecule has 0 spiro atoms. The minimum Gasteiger partial charge on any atom is -0.424 e. The lowest BCUT2D eigenvalue weighted by Gasteiger charge is -2.14. The Morgan fingerprint density at radius 3 is 2.75 bits per heavy atom. The van der Waals surface area contributed by atoms with E-state index in [1.165, 1.54) is 0 Å². The molecule has 1 heterocycles. The second-order valence-corrected chi connectivity index (χ2v) is 4.74. The number of rotatable bonds is 4. The Labute approximate surface area is 119 Å². The quantitative estimate of drug-likeness (QED) is 0.841. The highest BCUT2D eigenvalue weighted by Crippen LogP contribution is 2.30. The van der Waals surface area contributed by atoms with Gasteiger partial charge in [0.25, 0.3) is 0 Å². The first-order valence-electron chi connectivity index (χ1n) is 6.66. The fourth-order valence-electron chi connectivity index (χ4n) is 1.94. The molecule has 0 amide bonds. The number of ether oxygens (including phenoxy) is 1. The molecule has 0 saturated heterocycles. The molecule has 102 valence electrons. The second-order valence-electron chi connectivity index (χ2n) is 4.74. The number of benzene rings is 1. The zero-order chi connectivity index (χ0) is 14.5. The molecule has 0 saturated carbocycles. The van der Waals surface area contributed by atoms with Crippen LogP contribution in [0.15, 0.2) is 30.3 Å². The summed E-state index contributed by atoms with van der Waals surface area (Å²) < 4.78 is 5.78. The van der Waals surface area contributed by atoms with Crippen molar-refractivity contribution in [1.29, 1.82) is 5.26 Å². The van der Waals surface area contributed by atoms with Crippen molar-refractivity contribution in [2.75, 3.05) is 0 Å². The molecule has 4 nitrogen and oxygen atoms in total. The predicted octanol–water partition coefficient (Wildman–Crippen LogP) is 3.96. The van der Waals surface area contributed by atoms with Gasteiger partial charge in [0.2, 0.25) is 0 Å². The third-order valence-electron chi connectivity index (χ3n) is 3.21. The van der Waals surface area contributed by atoms with Gasteiger partial charge in [0, 0.05) is 5.69 Å². The number of para-hydroxylation sites is 1. The standard InChI is InChI=1S/C16H17N3O/c1-4-11(2)14-7-5-6-8-15(14)20-16-18-12(3)9-13(10-17)19-16/h5-9,11H,4H2,1-3H3. The largest absolute Gasteiger partial charge is 0.424 e. The van der Waals surface area contributed by atoms with Gasteiger partial charge in [-0.3, -0.25) is 0 Å².